The van der Waals surface area contributed by atoms with Gasteiger partial charge in [-0.3, -0.25) is 4.79 Å². The van der Waals surface area contributed by atoms with Crippen LogP contribution in [0.2, 0.25) is 5.02 Å². The van der Waals surface area contributed by atoms with Gasteiger partial charge >= 0.3 is 0 Å². The second kappa shape index (κ2) is 4.28. The highest BCUT2D eigenvalue weighted by Gasteiger charge is 2.13. The quantitative estimate of drug-likeness (QED) is 0.436. The molecule has 0 spiro atoms. The molecule has 0 saturated carbocycles. The summed E-state index contributed by atoms with van der Waals surface area (Å²) in [5.41, 5.74) is 21.0. The van der Waals surface area contributed by atoms with E-state index in [2.05, 4.69) is 0 Å². The van der Waals surface area contributed by atoms with Gasteiger partial charge in [-0.05, 0) is 12.1 Å². The zero-order valence-corrected chi connectivity index (χ0v) is 8.88. The normalized spacial score (nSPS) is 12.1. The summed E-state index contributed by atoms with van der Waals surface area (Å²) >= 11 is 5.50. The van der Waals surface area contributed by atoms with E-state index < -0.39 is 11.7 Å². The number of primary amides is 1. The SMILES string of the molecule is NC(=O)/C(N)=C(\N)c1cc(F)c(Cl)cc1N. The number of halogens is 2. The van der Waals surface area contributed by atoms with Gasteiger partial charge in [-0.1, -0.05) is 11.6 Å². The Kier molecular flexibility index (Phi) is 3.24. The summed E-state index contributed by atoms with van der Waals surface area (Å²) in [6, 6.07) is 2.16. The molecular formula is C9H10ClFN4O. The molecule has 0 aliphatic carbocycles. The Morgan fingerprint density at radius 2 is 1.81 bits per heavy atom. The van der Waals surface area contributed by atoms with Gasteiger partial charge in [-0.25, -0.2) is 4.39 Å². The lowest BCUT2D eigenvalue weighted by atomic mass is 10.1. The van der Waals surface area contributed by atoms with E-state index in [4.69, 9.17) is 34.5 Å². The monoisotopic (exact) mass is 244 g/mol. The number of hydrogen-bond donors (Lipinski definition) is 4. The number of benzene rings is 1. The highest BCUT2D eigenvalue weighted by Crippen LogP contribution is 2.25. The molecule has 5 nitrogen and oxygen atoms in total. The third kappa shape index (κ3) is 2.17. The van der Waals surface area contributed by atoms with Crippen molar-refractivity contribution in [1.82, 2.24) is 0 Å². The zero-order chi connectivity index (χ0) is 12.5. The van der Waals surface area contributed by atoms with Crippen LogP contribution in [0.4, 0.5) is 10.1 Å². The van der Waals surface area contributed by atoms with E-state index in [0.29, 0.717) is 0 Å². The van der Waals surface area contributed by atoms with E-state index in [0.717, 1.165) is 6.07 Å². The number of amides is 1. The zero-order valence-electron chi connectivity index (χ0n) is 8.13. The van der Waals surface area contributed by atoms with E-state index in [1.54, 1.807) is 0 Å². The highest BCUT2D eigenvalue weighted by atomic mass is 35.5. The Morgan fingerprint density at radius 1 is 1.25 bits per heavy atom. The average molecular weight is 245 g/mol. The first kappa shape index (κ1) is 12.1. The van der Waals surface area contributed by atoms with Crippen LogP contribution in [0.15, 0.2) is 17.8 Å². The van der Waals surface area contributed by atoms with Crippen LogP contribution in [0.5, 0.6) is 0 Å². The van der Waals surface area contributed by atoms with Crippen molar-refractivity contribution in [1.29, 1.82) is 0 Å². The number of carbonyl (C=O) groups is 1. The second-order valence-electron chi connectivity index (χ2n) is 3.05. The van der Waals surface area contributed by atoms with Gasteiger partial charge in [0.25, 0.3) is 5.91 Å². The molecule has 1 rings (SSSR count). The molecule has 0 aliphatic heterocycles. The first-order chi connectivity index (χ1) is 7.34. The lowest BCUT2D eigenvalue weighted by molar-refractivity contribution is -0.114. The van der Waals surface area contributed by atoms with Crippen LogP contribution in [0.25, 0.3) is 5.70 Å². The van der Waals surface area contributed by atoms with Gasteiger partial charge in [0.05, 0.1) is 10.7 Å². The molecule has 0 aromatic heterocycles. The highest BCUT2D eigenvalue weighted by molar-refractivity contribution is 6.31. The van der Waals surface area contributed by atoms with Crippen LogP contribution in [-0.2, 0) is 4.79 Å². The van der Waals surface area contributed by atoms with E-state index in [1.807, 2.05) is 0 Å². The number of nitrogen functional groups attached to an aromatic ring is 1. The number of anilines is 1. The van der Waals surface area contributed by atoms with Crippen molar-refractivity contribution in [2.24, 2.45) is 17.2 Å². The molecule has 7 heteroatoms. The number of hydrogen-bond acceptors (Lipinski definition) is 4. The van der Waals surface area contributed by atoms with Gasteiger partial charge in [0.15, 0.2) is 0 Å². The third-order valence-electron chi connectivity index (χ3n) is 1.94. The molecule has 0 fully saturated rings. The number of carbonyl (C=O) groups excluding carboxylic acids is 1. The molecule has 8 N–H and O–H groups in total. The molecule has 1 amide bonds. The second-order valence-corrected chi connectivity index (χ2v) is 3.45. The van der Waals surface area contributed by atoms with Crippen molar-refractivity contribution in [3.63, 3.8) is 0 Å². The molecule has 0 bridgehead atoms. The van der Waals surface area contributed by atoms with Gasteiger partial charge in [0.2, 0.25) is 0 Å². The third-order valence-corrected chi connectivity index (χ3v) is 2.23. The Bertz CT molecular complexity index is 487. The summed E-state index contributed by atoms with van der Waals surface area (Å²) in [4.78, 5) is 10.8. The molecule has 0 unspecified atom stereocenters. The van der Waals surface area contributed by atoms with Crippen LogP contribution in [0.3, 0.4) is 0 Å². The van der Waals surface area contributed by atoms with Crippen molar-refractivity contribution >= 4 is 28.9 Å². The van der Waals surface area contributed by atoms with Crippen molar-refractivity contribution in [2.75, 3.05) is 5.73 Å². The Hall–Kier alpha value is -1.95. The van der Waals surface area contributed by atoms with Crippen molar-refractivity contribution in [3.8, 4) is 0 Å². The topological polar surface area (TPSA) is 121 Å². The van der Waals surface area contributed by atoms with E-state index in [9.17, 15) is 9.18 Å². The first-order valence-corrected chi connectivity index (χ1v) is 4.52. The molecule has 0 heterocycles. The number of nitrogens with two attached hydrogens (primary N) is 4. The fourth-order valence-electron chi connectivity index (χ4n) is 1.07. The Morgan fingerprint density at radius 3 is 2.31 bits per heavy atom. The molecule has 0 atom stereocenters. The summed E-state index contributed by atoms with van der Waals surface area (Å²) in [5, 5.41) is -0.147. The van der Waals surface area contributed by atoms with Crippen molar-refractivity contribution in [3.05, 3.63) is 34.2 Å². The maximum atomic E-state index is 13.2. The van der Waals surface area contributed by atoms with E-state index in [1.165, 1.54) is 6.07 Å². The molecule has 0 saturated heterocycles. The van der Waals surface area contributed by atoms with Crippen LogP contribution >= 0.6 is 11.6 Å². The fourth-order valence-corrected chi connectivity index (χ4v) is 1.25. The summed E-state index contributed by atoms with van der Waals surface area (Å²) in [6.07, 6.45) is 0. The molecule has 0 radical (unpaired) electrons. The smallest absolute Gasteiger partial charge is 0.266 e. The lowest BCUT2D eigenvalue weighted by Crippen LogP contribution is -2.24. The Labute approximate surface area is 95.8 Å². The molecule has 1 aromatic carbocycles. The van der Waals surface area contributed by atoms with Crippen molar-refractivity contribution in [2.45, 2.75) is 0 Å². The maximum absolute atomic E-state index is 13.2. The van der Waals surface area contributed by atoms with Gasteiger partial charge in [0.1, 0.15) is 11.5 Å². The predicted octanol–water partition coefficient (Wildman–Crippen LogP) is 0.133. The van der Waals surface area contributed by atoms with Gasteiger partial charge in [-0.15, -0.1) is 0 Å². The summed E-state index contributed by atoms with van der Waals surface area (Å²) in [5.74, 6) is -1.63. The van der Waals surface area contributed by atoms with E-state index >= 15 is 0 Å². The van der Waals surface area contributed by atoms with Gasteiger partial charge < -0.3 is 22.9 Å². The maximum Gasteiger partial charge on any atom is 0.266 e. The molecule has 0 aliphatic rings. The minimum atomic E-state index is -0.910. The summed E-state index contributed by atoms with van der Waals surface area (Å²) < 4.78 is 13.2. The minimum Gasteiger partial charge on any atom is -0.398 e. The van der Waals surface area contributed by atoms with Crippen LogP contribution in [0.1, 0.15) is 5.56 Å². The average Bonchev–Trinajstić information content (AvgIpc) is 2.21. The molecular weight excluding hydrogens is 235 g/mol. The Balaban J connectivity index is 3.40. The van der Waals surface area contributed by atoms with Gasteiger partial charge in [0, 0.05) is 11.3 Å². The van der Waals surface area contributed by atoms with E-state index in [-0.39, 0.29) is 27.7 Å². The van der Waals surface area contributed by atoms with Crippen LogP contribution in [-0.4, -0.2) is 5.91 Å². The lowest BCUT2D eigenvalue weighted by Gasteiger charge is -2.09. The van der Waals surface area contributed by atoms with Gasteiger partial charge in [-0.2, -0.15) is 0 Å². The van der Waals surface area contributed by atoms with Crippen LogP contribution < -0.4 is 22.9 Å². The molecule has 1 aromatic rings. The molecule has 16 heavy (non-hydrogen) atoms. The largest absolute Gasteiger partial charge is 0.398 e. The first-order valence-electron chi connectivity index (χ1n) is 4.14. The summed E-state index contributed by atoms with van der Waals surface area (Å²) in [6.45, 7) is 0. The van der Waals surface area contributed by atoms with Crippen LogP contribution in [0, 0.1) is 5.82 Å². The van der Waals surface area contributed by atoms with Crippen molar-refractivity contribution < 1.29 is 9.18 Å². The standard InChI is InChI=1S/C9H10ClFN4O/c10-4-2-6(12)3(1-5(4)11)7(13)8(14)9(15)16/h1-2H,12-14H2,(H2,15,16)/b8-7+. The summed E-state index contributed by atoms with van der Waals surface area (Å²) in [7, 11) is 0. The number of rotatable bonds is 2. The molecule has 86 valence electrons. The predicted molar refractivity (Wildman–Crippen MR) is 60.3 cm³/mol. The minimum absolute atomic E-state index is 0.0817. The fraction of sp³-hybridized carbons (Fsp3) is 0.